The van der Waals surface area contributed by atoms with E-state index in [1.807, 2.05) is 42.2 Å². The van der Waals surface area contributed by atoms with E-state index in [0.717, 1.165) is 5.56 Å². The van der Waals surface area contributed by atoms with E-state index in [4.69, 9.17) is 0 Å². The monoisotopic (exact) mass is 390 g/mol. The summed E-state index contributed by atoms with van der Waals surface area (Å²) in [5, 5.41) is 9.31. The highest BCUT2D eigenvalue weighted by Gasteiger charge is 2.57. The lowest BCUT2D eigenvalue weighted by Crippen LogP contribution is -2.56. The van der Waals surface area contributed by atoms with Crippen molar-refractivity contribution in [2.24, 2.45) is 0 Å². The lowest BCUT2D eigenvalue weighted by atomic mass is 9.85. The number of hydrogen-bond acceptors (Lipinski definition) is 6. The number of imide groups is 1. The standard InChI is InChI=1S/C21H22N6O2/c1-2-26-19(28)21(27(20(26)29)15-16-6-4-3-5-7-16)8-12-25(13-9-21)18-17(14-22)23-10-11-24-18/h3-7,10-11H,2,8-9,12-13,15H2,1H3. The number of aromatic nitrogens is 2. The van der Waals surface area contributed by atoms with Gasteiger partial charge in [0, 0.05) is 38.6 Å². The smallest absolute Gasteiger partial charge is 0.327 e. The molecule has 3 heterocycles. The summed E-state index contributed by atoms with van der Waals surface area (Å²) >= 11 is 0. The fraction of sp³-hybridized carbons (Fsp3) is 0.381. The fourth-order valence-corrected chi connectivity index (χ4v) is 4.26. The Bertz CT molecular complexity index is 963. The van der Waals surface area contributed by atoms with E-state index in [9.17, 15) is 14.9 Å². The predicted molar refractivity (Wildman–Crippen MR) is 106 cm³/mol. The molecule has 1 aromatic carbocycles. The van der Waals surface area contributed by atoms with Crippen LogP contribution in [0.5, 0.6) is 0 Å². The lowest BCUT2D eigenvalue weighted by molar-refractivity contribution is -0.134. The summed E-state index contributed by atoms with van der Waals surface area (Å²) < 4.78 is 0. The molecule has 4 rings (SSSR count). The van der Waals surface area contributed by atoms with Gasteiger partial charge in [0.1, 0.15) is 11.6 Å². The van der Waals surface area contributed by atoms with Gasteiger partial charge >= 0.3 is 6.03 Å². The highest BCUT2D eigenvalue weighted by molar-refractivity contribution is 6.07. The van der Waals surface area contributed by atoms with Crippen LogP contribution in [0.3, 0.4) is 0 Å². The largest absolute Gasteiger partial charge is 0.354 e. The number of urea groups is 1. The highest BCUT2D eigenvalue weighted by atomic mass is 16.2. The molecule has 8 nitrogen and oxygen atoms in total. The second-order valence-corrected chi connectivity index (χ2v) is 7.26. The zero-order valence-electron chi connectivity index (χ0n) is 16.3. The molecule has 0 bridgehead atoms. The van der Waals surface area contributed by atoms with Crippen LogP contribution in [0.2, 0.25) is 0 Å². The van der Waals surface area contributed by atoms with E-state index in [1.54, 1.807) is 11.1 Å². The molecular weight excluding hydrogens is 368 g/mol. The molecule has 0 N–H and O–H groups in total. The Hall–Kier alpha value is -3.47. The first-order valence-corrected chi connectivity index (χ1v) is 9.74. The van der Waals surface area contributed by atoms with Crippen molar-refractivity contribution in [2.75, 3.05) is 24.5 Å². The SMILES string of the molecule is CCN1C(=O)N(Cc2ccccc2)C2(CCN(c3nccnc3C#N)CC2)C1=O. The van der Waals surface area contributed by atoms with Crippen molar-refractivity contribution in [3.05, 3.63) is 54.0 Å². The predicted octanol–water partition coefficient (Wildman–Crippen LogP) is 2.17. The molecule has 0 unspecified atom stereocenters. The van der Waals surface area contributed by atoms with Crippen LogP contribution < -0.4 is 4.90 Å². The molecule has 0 atom stereocenters. The third kappa shape index (κ3) is 3.09. The molecule has 148 valence electrons. The summed E-state index contributed by atoms with van der Waals surface area (Å²) in [6.45, 7) is 3.63. The zero-order valence-corrected chi connectivity index (χ0v) is 16.3. The second kappa shape index (κ2) is 7.51. The van der Waals surface area contributed by atoms with Gasteiger partial charge < -0.3 is 9.80 Å². The van der Waals surface area contributed by atoms with Gasteiger partial charge in [-0.05, 0) is 25.3 Å². The van der Waals surface area contributed by atoms with Crippen molar-refractivity contribution in [1.82, 2.24) is 19.8 Å². The third-order valence-electron chi connectivity index (χ3n) is 5.80. The molecule has 0 saturated carbocycles. The van der Waals surface area contributed by atoms with Crippen LogP contribution in [0.25, 0.3) is 0 Å². The highest BCUT2D eigenvalue weighted by Crippen LogP contribution is 2.39. The van der Waals surface area contributed by atoms with Crippen molar-refractivity contribution in [3.8, 4) is 6.07 Å². The Labute approximate surface area is 169 Å². The summed E-state index contributed by atoms with van der Waals surface area (Å²) in [6.07, 6.45) is 4.03. The Balaban J connectivity index is 1.62. The Morgan fingerprint density at radius 1 is 1.10 bits per heavy atom. The summed E-state index contributed by atoms with van der Waals surface area (Å²) in [6, 6.07) is 11.6. The van der Waals surface area contributed by atoms with Crippen molar-refractivity contribution in [3.63, 3.8) is 0 Å². The van der Waals surface area contributed by atoms with E-state index in [1.165, 1.54) is 11.1 Å². The summed E-state index contributed by atoms with van der Waals surface area (Å²) in [4.78, 5) is 39.7. The minimum Gasteiger partial charge on any atom is -0.354 e. The molecular formula is C21H22N6O2. The van der Waals surface area contributed by atoms with Crippen molar-refractivity contribution in [1.29, 1.82) is 5.26 Å². The molecule has 1 aromatic heterocycles. The van der Waals surface area contributed by atoms with Gasteiger partial charge in [-0.2, -0.15) is 5.26 Å². The number of rotatable bonds is 4. The van der Waals surface area contributed by atoms with E-state index in [0.29, 0.717) is 44.8 Å². The van der Waals surface area contributed by atoms with Crippen LogP contribution >= 0.6 is 0 Å². The fourth-order valence-electron chi connectivity index (χ4n) is 4.26. The normalized spacial score (nSPS) is 18.4. The first-order valence-electron chi connectivity index (χ1n) is 9.74. The van der Waals surface area contributed by atoms with Crippen LogP contribution in [-0.2, 0) is 11.3 Å². The molecule has 29 heavy (non-hydrogen) atoms. The summed E-state index contributed by atoms with van der Waals surface area (Å²) in [5.41, 5.74) is 0.414. The minimum atomic E-state index is -0.853. The summed E-state index contributed by atoms with van der Waals surface area (Å²) in [5.74, 6) is 0.406. The number of hydrogen-bond donors (Lipinski definition) is 0. The van der Waals surface area contributed by atoms with E-state index >= 15 is 0 Å². The Kier molecular flexibility index (Phi) is 4.89. The number of piperidine rings is 1. The molecule has 2 aromatic rings. The van der Waals surface area contributed by atoms with Crippen LogP contribution in [0.4, 0.5) is 10.6 Å². The van der Waals surface area contributed by atoms with Gasteiger partial charge in [-0.1, -0.05) is 30.3 Å². The van der Waals surface area contributed by atoms with Gasteiger partial charge in [-0.15, -0.1) is 0 Å². The average molecular weight is 390 g/mol. The van der Waals surface area contributed by atoms with Crippen LogP contribution in [0.15, 0.2) is 42.7 Å². The molecule has 0 radical (unpaired) electrons. The van der Waals surface area contributed by atoms with Crippen LogP contribution in [0.1, 0.15) is 31.0 Å². The number of carbonyl (C=O) groups excluding carboxylic acids is 2. The zero-order chi connectivity index (χ0) is 20.4. The van der Waals surface area contributed by atoms with E-state index < -0.39 is 5.54 Å². The van der Waals surface area contributed by atoms with Crippen LogP contribution in [-0.4, -0.2) is 56.9 Å². The maximum atomic E-state index is 13.3. The number of likely N-dealkylation sites (N-methyl/N-ethyl adjacent to an activating group) is 1. The minimum absolute atomic E-state index is 0.125. The molecule has 2 aliphatic heterocycles. The van der Waals surface area contributed by atoms with Gasteiger partial charge in [0.05, 0.1) is 0 Å². The number of anilines is 1. The summed E-state index contributed by atoms with van der Waals surface area (Å²) in [7, 11) is 0. The Morgan fingerprint density at radius 3 is 2.45 bits per heavy atom. The third-order valence-corrected chi connectivity index (χ3v) is 5.80. The van der Waals surface area contributed by atoms with Crippen molar-refractivity contribution < 1.29 is 9.59 Å². The number of amides is 3. The molecule has 1 spiro atoms. The van der Waals surface area contributed by atoms with Gasteiger partial charge in [-0.25, -0.2) is 14.8 Å². The topological polar surface area (TPSA) is 93.4 Å². The first-order chi connectivity index (χ1) is 14.1. The van der Waals surface area contributed by atoms with E-state index in [2.05, 4.69) is 16.0 Å². The number of nitrogens with zero attached hydrogens (tertiary/aromatic N) is 6. The maximum absolute atomic E-state index is 13.3. The number of nitriles is 1. The second-order valence-electron chi connectivity index (χ2n) is 7.26. The number of benzene rings is 1. The molecule has 3 amide bonds. The van der Waals surface area contributed by atoms with Gasteiger partial charge in [0.2, 0.25) is 0 Å². The van der Waals surface area contributed by atoms with Crippen molar-refractivity contribution >= 4 is 17.8 Å². The van der Waals surface area contributed by atoms with Crippen molar-refractivity contribution in [2.45, 2.75) is 31.8 Å². The van der Waals surface area contributed by atoms with Gasteiger partial charge in [0.15, 0.2) is 11.5 Å². The van der Waals surface area contributed by atoms with E-state index in [-0.39, 0.29) is 17.6 Å². The van der Waals surface area contributed by atoms with Gasteiger partial charge in [0.25, 0.3) is 5.91 Å². The molecule has 8 heteroatoms. The Morgan fingerprint density at radius 2 is 1.79 bits per heavy atom. The average Bonchev–Trinajstić information content (AvgIpc) is 2.96. The quantitative estimate of drug-likeness (QED) is 0.743. The first kappa shape index (κ1) is 18.9. The van der Waals surface area contributed by atoms with Gasteiger partial charge in [-0.3, -0.25) is 9.69 Å². The molecule has 2 saturated heterocycles. The number of carbonyl (C=O) groups is 2. The van der Waals surface area contributed by atoms with Crippen LogP contribution in [0, 0.1) is 11.3 Å². The molecule has 2 fully saturated rings. The lowest BCUT2D eigenvalue weighted by Gasteiger charge is -2.42. The molecule has 0 aliphatic carbocycles. The maximum Gasteiger partial charge on any atom is 0.327 e. The molecule has 2 aliphatic rings.